The molecule has 0 aromatic heterocycles. The second-order valence-corrected chi connectivity index (χ2v) is 7.82. The molecule has 0 bridgehead atoms. The van der Waals surface area contributed by atoms with E-state index in [1.54, 1.807) is 0 Å². The van der Waals surface area contributed by atoms with Crippen LogP contribution in [-0.2, 0) is 21.2 Å². The fourth-order valence-corrected chi connectivity index (χ4v) is 3.96. The van der Waals surface area contributed by atoms with Crippen LogP contribution in [0.4, 0.5) is 10.1 Å². The number of nitrogens with zero attached hydrogens (tertiary/aromatic N) is 1. The van der Waals surface area contributed by atoms with Crippen molar-refractivity contribution in [3.63, 3.8) is 0 Å². The van der Waals surface area contributed by atoms with Crippen molar-refractivity contribution in [3.05, 3.63) is 65.0 Å². The fraction of sp³-hybridized carbons (Fsp3) is 0.278. The third-order valence-electron chi connectivity index (χ3n) is 4.05. The molecule has 0 saturated carbocycles. The van der Waals surface area contributed by atoms with E-state index in [0.717, 1.165) is 39.4 Å². The number of hydrogen-bond donors (Lipinski definition) is 1. The Balaban J connectivity index is 2.54. The number of anilines is 1. The first-order valence-corrected chi connectivity index (χ1v) is 9.49. The number of carboxylic acid groups (broad SMARTS) is 1. The largest absolute Gasteiger partial charge is 0.480 e. The summed E-state index contributed by atoms with van der Waals surface area (Å²) >= 11 is 0. The van der Waals surface area contributed by atoms with Crippen LogP contribution in [0.25, 0.3) is 0 Å². The van der Waals surface area contributed by atoms with Crippen LogP contribution in [0, 0.1) is 19.7 Å². The number of sulfonamides is 1. The van der Waals surface area contributed by atoms with E-state index in [9.17, 15) is 22.7 Å². The summed E-state index contributed by atoms with van der Waals surface area (Å²) in [6.07, 6.45) is 0.954. The van der Waals surface area contributed by atoms with E-state index in [-0.39, 0.29) is 12.1 Å². The van der Waals surface area contributed by atoms with Crippen molar-refractivity contribution in [1.82, 2.24) is 0 Å². The number of hydrogen-bond acceptors (Lipinski definition) is 3. The molecule has 1 N–H and O–H groups in total. The van der Waals surface area contributed by atoms with Crippen molar-refractivity contribution in [1.29, 1.82) is 0 Å². The van der Waals surface area contributed by atoms with Gasteiger partial charge < -0.3 is 5.11 Å². The number of carbonyl (C=O) groups is 1. The van der Waals surface area contributed by atoms with Crippen LogP contribution in [0.3, 0.4) is 0 Å². The molecule has 0 saturated heterocycles. The molecule has 0 spiro atoms. The van der Waals surface area contributed by atoms with Crippen LogP contribution in [-0.4, -0.2) is 31.8 Å². The van der Waals surface area contributed by atoms with E-state index in [2.05, 4.69) is 0 Å². The minimum absolute atomic E-state index is 0.0122. The van der Waals surface area contributed by atoms with Gasteiger partial charge in [0, 0.05) is 6.42 Å². The van der Waals surface area contributed by atoms with Gasteiger partial charge in [-0.25, -0.2) is 17.6 Å². The first-order valence-electron chi connectivity index (χ1n) is 7.64. The van der Waals surface area contributed by atoms with Gasteiger partial charge in [-0.3, -0.25) is 4.31 Å². The van der Waals surface area contributed by atoms with Crippen molar-refractivity contribution in [2.45, 2.75) is 26.3 Å². The SMILES string of the molecule is Cc1cccc(C)c1C[C@H](C(=O)O)N(c1ccc(F)cc1)S(C)(=O)=O. The maximum atomic E-state index is 13.2. The quantitative estimate of drug-likeness (QED) is 0.854. The summed E-state index contributed by atoms with van der Waals surface area (Å²) in [5, 5.41) is 9.69. The van der Waals surface area contributed by atoms with Gasteiger partial charge in [0.1, 0.15) is 11.9 Å². The zero-order valence-corrected chi connectivity index (χ0v) is 15.0. The number of benzene rings is 2. The summed E-state index contributed by atoms with van der Waals surface area (Å²) in [6.45, 7) is 3.70. The zero-order valence-electron chi connectivity index (χ0n) is 14.2. The average Bonchev–Trinajstić information content (AvgIpc) is 2.50. The zero-order chi connectivity index (χ0) is 18.8. The normalized spacial score (nSPS) is 12.6. The molecule has 2 rings (SSSR count). The third kappa shape index (κ3) is 4.36. The molecule has 0 unspecified atom stereocenters. The van der Waals surface area contributed by atoms with E-state index < -0.39 is 27.9 Å². The Labute approximate surface area is 146 Å². The number of carboxylic acids is 1. The van der Waals surface area contributed by atoms with Crippen LogP contribution < -0.4 is 4.31 Å². The van der Waals surface area contributed by atoms with Gasteiger partial charge in [-0.2, -0.15) is 0 Å². The molecule has 2 aromatic rings. The highest BCUT2D eigenvalue weighted by atomic mass is 32.2. The lowest BCUT2D eigenvalue weighted by Gasteiger charge is -2.29. The first kappa shape index (κ1) is 18.9. The Bertz CT molecular complexity index is 858. The topological polar surface area (TPSA) is 74.7 Å². The first-order chi connectivity index (χ1) is 11.6. The van der Waals surface area contributed by atoms with Crippen LogP contribution in [0.1, 0.15) is 16.7 Å². The minimum Gasteiger partial charge on any atom is -0.480 e. The number of aliphatic carboxylic acids is 1. The highest BCUT2D eigenvalue weighted by molar-refractivity contribution is 7.92. The monoisotopic (exact) mass is 365 g/mol. The number of aryl methyl sites for hydroxylation is 2. The molecule has 0 aliphatic heterocycles. The van der Waals surface area contributed by atoms with E-state index in [1.165, 1.54) is 12.1 Å². The minimum atomic E-state index is -3.89. The van der Waals surface area contributed by atoms with Crippen LogP contribution in [0.15, 0.2) is 42.5 Å². The molecule has 0 fully saturated rings. The Hall–Kier alpha value is -2.41. The van der Waals surface area contributed by atoms with Crippen molar-refractivity contribution in [3.8, 4) is 0 Å². The van der Waals surface area contributed by atoms with Gasteiger partial charge in [0.05, 0.1) is 11.9 Å². The molecule has 25 heavy (non-hydrogen) atoms. The lowest BCUT2D eigenvalue weighted by Crippen LogP contribution is -2.46. The smallest absolute Gasteiger partial charge is 0.327 e. The van der Waals surface area contributed by atoms with Crippen LogP contribution >= 0.6 is 0 Å². The molecule has 1 atom stereocenters. The molecule has 0 aliphatic carbocycles. The highest BCUT2D eigenvalue weighted by Crippen LogP contribution is 2.25. The predicted molar refractivity (Wildman–Crippen MR) is 94.8 cm³/mol. The van der Waals surface area contributed by atoms with Crippen molar-refractivity contribution < 1.29 is 22.7 Å². The van der Waals surface area contributed by atoms with Gasteiger partial charge in [0.25, 0.3) is 0 Å². The lowest BCUT2D eigenvalue weighted by molar-refractivity contribution is -0.138. The van der Waals surface area contributed by atoms with Crippen LogP contribution in [0.2, 0.25) is 0 Å². The molecule has 5 nitrogen and oxygen atoms in total. The standard InChI is InChI=1S/C18H20FNO4S/c1-12-5-4-6-13(2)16(12)11-17(18(21)22)20(25(3,23)24)15-9-7-14(19)8-10-15/h4-10,17H,11H2,1-3H3,(H,21,22)/t17-/m1/s1. The van der Waals surface area contributed by atoms with Crippen molar-refractivity contribution >= 4 is 21.7 Å². The summed E-state index contributed by atoms with van der Waals surface area (Å²) in [5.41, 5.74) is 2.67. The van der Waals surface area contributed by atoms with Gasteiger partial charge in [0.2, 0.25) is 10.0 Å². The lowest BCUT2D eigenvalue weighted by atomic mass is 9.96. The third-order valence-corrected chi connectivity index (χ3v) is 5.23. The predicted octanol–water partition coefficient (Wildman–Crippen LogP) is 2.90. The molecule has 7 heteroatoms. The molecular formula is C18H20FNO4S. The van der Waals surface area contributed by atoms with Gasteiger partial charge in [-0.05, 0) is 54.8 Å². The summed E-state index contributed by atoms with van der Waals surface area (Å²) < 4.78 is 38.6. The Kier molecular flexibility index (Phi) is 5.47. The fourth-order valence-electron chi connectivity index (χ4n) is 2.83. The van der Waals surface area contributed by atoms with Crippen molar-refractivity contribution in [2.75, 3.05) is 10.6 Å². The summed E-state index contributed by atoms with van der Waals surface area (Å²) in [6, 6.07) is 8.96. The molecule has 2 aromatic carbocycles. The molecule has 0 amide bonds. The molecule has 0 radical (unpaired) electrons. The molecule has 0 heterocycles. The van der Waals surface area contributed by atoms with Gasteiger partial charge in [-0.1, -0.05) is 18.2 Å². The summed E-state index contributed by atoms with van der Waals surface area (Å²) in [4.78, 5) is 11.9. The number of rotatable bonds is 6. The average molecular weight is 365 g/mol. The Morgan fingerprint density at radius 1 is 1.12 bits per heavy atom. The molecule has 134 valence electrons. The molecular weight excluding hydrogens is 345 g/mol. The maximum absolute atomic E-state index is 13.2. The second-order valence-electron chi connectivity index (χ2n) is 5.96. The van der Waals surface area contributed by atoms with Gasteiger partial charge >= 0.3 is 5.97 Å². The van der Waals surface area contributed by atoms with E-state index in [1.807, 2.05) is 32.0 Å². The number of halogens is 1. The highest BCUT2D eigenvalue weighted by Gasteiger charge is 2.33. The summed E-state index contributed by atoms with van der Waals surface area (Å²) in [5.74, 6) is -1.80. The maximum Gasteiger partial charge on any atom is 0.327 e. The van der Waals surface area contributed by atoms with Gasteiger partial charge in [-0.15, -0.1) is 0 Å². The second kappa shape index (κ2) is 7.23. The van der Waals surface area contributed by atoms with Gasteiger partial charge in [0.15, 0.2) is 0 Å². The van der Waals surface area contributed by atoms with E-state index >= 15 is 0 Å². The Morgan fingerprint density at radius 3 is 2.08 bits per heavy atom. The Morgan fingerprint density at radius 2 is 1.64 bits per heavy atom. The molecule has 0 aliphatic rings. The van der Waals surface area contributed by atoms with E-state index in [0.29, 0.717) is 0 Å². The van der Waals surface area contributed by atoms with Crippen LogP contribution in [0.5, 0.6) is 0 Å². The van der Waals surface area contributed by atoms with E-state index in [4.69, 9.17) is 0 Å². The summed E-state index contributed by atoms with van der Waals surface area (Å²) in [7, 11) is -3.89. The van der Waals surface area contributed by atoms with Crippen molar-refractivity contribution in [2.24, 2.45) is 0 Å².